The van der Waals surface area contributed by atoms with Crippen molar-refractivity contribution in [3.8, 4) is 0 Å². The second-order valence-corrected chi connectivity index (χ2v) is 6.59. The van der Waals surface area contributed by atoms with Crippen LogP contribution in [0.3, 0.4) is 0 Å². The number of amides is 1. The van der Waals surface area contributed by atoms with Crippen molar-refractivity contribution in [3.63, 3.8) is 0 Å². The predicted molar refractivity (Wildman–Crippen MR) is 70.2 cm³/mol. The number of hydrogen-bond donors (Lipinski definition) is 1. The number of fused-ring (bicyclic) bond motifs is 2. The number of halogens is 1. The first-order valence-corrected chi connectivity index (χ1v) is 7.58. The maximum atomic E-state index is 12.5. The Bertz CT molecular complexity index is 433. The van der Waals surface area contributed by atoms with Gasteiger partial charge in [0, 0.05) is 16.6 Å². The first kappa shape index (κ1) is 11.7. The van der Waals surface area contributed by atoms with E-state index in [0.717, 1.165) is 35.0 Å². The van der Waals surface area contributed by atoms with E-state index in [9.17, 15) is 9.90 Å². The number of aliphatic hydroxyl groups is 1. The minimum atomic E-state index is -0.219. The average molecular weight is 316 g/mol. The van der Waals surface area contributed by atoms with Crippen molar-refractivity contribution in [3.05, 3.63) is 20.8 Å². The molecule has 1 aromatic rings. The van der Waals surface area contributed by atoms with Crippen LogP contribution in [0.2, 0.25) is 0 Å². The molecule has 0 aliphatic carbocycles. The third kappa shape index (κ3) is 1.94. The van der Waals surface area contributed by atoms with Gasteiger partial charge in [-0.1, -0.05) is 0 Å². The van der Waals surface area contributed by atoms with Gasteiger partial charge in [0.05, 0.1) is 6.10 Å². The van der Waals surface area contributed by atoms with Gasteiger partial charge in [-0.3, -0.25) is 4.79 Å². The summed E-state index contributed by atoms with van der Waals surface area (Å²) < 4.78 is 0.887. The van der Waals surface area contributed by atoms with Crippen molar-refractivity contribution >= 4 is 33.2 Å². The Kier molecular flexibility index (Phi) is 3.00. The van der Waals surface area contributed by atoms with Gasteiger partial charge < -0.3 is 10.0 Å². The van der Waals surface area contributed by atoms with E-state index in [1.807, 2.05) is 16.3 Å². The molecule has 2 saturated heterocycles. The SMILES string of the molecule is O=C(c1sccc1Br)N1C2CCC1CC(O)C2. The zero-order chi connectivity index (χ0) is 12.0. The van der Waals surface area contributed by atoms with Crippen molar-refractivity contribution in [1.29, 1.82) is 0 Å². The van der Waals surface area contributed by atoms with Crippen LogP contribution in [0, 0.1) is 0 Å². The van der Waals surface area contributed by atoms with Crippen LogP contribution in [0.25, 0.3) is 0 Å². The quantitative estimate of drug-likeness (QED) is 0.865. The number of carbonyl (C=O) groups excluding carboxylic acids is 1. The van der Waals surface area contributed by atoms with Gasteiger partial charge in [0.1, 0.15) is 4.88 Å². The fourth-order valence-electron chi connectivity index (χ4n) is 3.04. The molecule has 5 heteroatoms. The summed E-state index contributed by atoms with van der Waals surface area (Å²) in [5, 5.41) is 11.7. The van der Waals surface area contributed by atoms with Crippen LogP contribution in [0.1, 0.15) is 35.4 Å². The van der Waals surface area contributed by atoms with Crippen molar-refractivity contribution in [2.75, 3.05) is 0 Å². The van der Waals surface area contributed by atoms with E-state index in [2.05, 4.69) is 15.9 Å². The molecule has 0 aromatic carbocycles. The van der Waals surface area contributed by atoms with Gasteiger partial charge in [-0.2, -0.15) is 0 Å². The minimum Gasteiger partial charge on any atom is -0.393 e. The highest BCUT2D eigenvalue weighted by atomic mass is 79.9. The number of piperidine rings is 1. The molecule has 1 amide bonds. The lowest BCUT2D eigenvalue weighted by Crippen LogP contribution is -2.47. The van der Waals surface area contributed by atoms with Crippen LogP contribution < -0.4 is 0 Å². The van der Waals surface area contributed by atoms with Crippen LogP contribution >= 0.6 is 27.3 Å². The molecule has 0 radical (unpaired) electrons. The van der Waals surface area contributed by atoms with Gasteiger partial charge in [0.2, 0.25) is 0 Å². The lowest BCUT2D eigenvalue weighted by Gasteiger charge is -2.37. The Balaban J connectivity index is 1.86. The molecule has 2 unspecified atom stereocenters. The number of nitrogens with zero attached hydrogens (tertiary/aromatic N) is 1. The predicted octanol–water partition coefficient (Wildman–Crippen LogP) is 2.64. The standard InChI is InChI=1S/C12H14BrNO2S/c13-10-3-4-17-11(10)12(16)14-7-1-2-8(14)6-9(15)5-7/h3-4,7-9,15H,1-2,5-6H2. The molecule has 3 rings (SSSR count). The number of hydrogen-bond acceptors (Lipinski definition) is 3. The van der Waals surface area contributed by atoms with Crippen molar-refractivity contribution < 1.29 is 9.90 Å². The summed E-state index contributed by atoms with van der Waals surface area (Å²) >= 11 is 4.90. The fraction of sp³-hybridized carbons (Fsp3) is 0.583. The fourth-order valence-corrected chi connectivity index (χ4v) is 4.53. The maximum absolute atomic E-state index is 12.5. The molecular formula is C12H14BrNO2S. The van der Waals surface area contributed by atoms with Crippen LogP contribution in [0.4, 0.5) is 0 Å². The van der Waals surface area contributed by atoms with Gasteiger partial charge >= 0.3 is 0 Å². The molecule has 0 saturated carbocycles. The molecular weight excluding hydrogens is 302 g/mol. The highest BCUT2D eigenvalue weighted by molar-refractivity contribution is 9.10. The first-order valence-electron chi connectivity index (χ1n) is 5.90. The van der Waals surface area contributed by atoms with E-state index in [1.54, 1.807) is 0 Å². The summed E-state index contributed by atoms with van der Waals surface area (Å²) in [6, 6.07) is 2.40. The molecule has 1 N–H and O–H groups in total. The second-order valence-electron chi connectivity index (χ2n) is 4.82. The molecule has 2 aliphatic rings. The van der Waals surface area contributed by atoms with Crippen LogP contribution in [-0.4, -0.2) is 34.1 Å². The summed E-state index contributed by atoms with van der Waals surface area (Å²) in [5.74, 6) is 0.131. The van der Waals surface area contributed by atoms with Crippen LogP contribution in [0.15, 0.2) is 15.9 Å². The van der Waals surface area contributed by atoms with E-state index in [4.69, 9.17) is 0 Å². The van der Waals surface area contributed by atoms with E-state index in [0.29, 0.717) is 0 Å². The van der Waals surface area contributed by atoms with E-state index in [-0.39, 0.29) is 24.1 Å². The molecule has 0 spiro atoms. The zero-order valence-electron chi connectivity index (χ0n) is 9.30. The molecule has 92 valence electrons. The summed E-state index contributed by atoms with van der Waals surface area (Å²) in [6.07, 6.45) is 3.34. The first-order chi connectivity index (χ1) is 8.16. The average Bonchev–Trinajstić information content (AvgIpc) is 2.81. The number of aliphatic hydroxyl groups excluding tert-OH is 1. The molecule has 3 nitrogen and oxygen atoms in total. The number of carbonyl (C=O) groups is 1. The normalized spacial score (nSPS) is 31.9. The van der Waals surface area contributed by atoms with Crippen LogP contribution in [0.5, 0.6) is 0 Å². The minimum absolute atomic E-state index is 0.131. The second kappa shape index (κ2) is 4.37. The van der Waals surface area contributed by atoms with Gasteiger partial charge in [0.25, 0.3) is 5.91 Å². The summed E-state index contributed by atoms with van der Waals surface area (Å²) in [5.41, 5.74) is 0. The lowest BCUT2D eigenvalue weighted by atomic mass is 10.00. The Morgan fingerprint density at radius 3 is 2.59 bits per heavy atom. The van der Waals surface area contributed by atoms with Crippen LogP contribution in [-0.2, 0) is 0 Å². The highest BCUT2D eigenvalue weighted by Gasteiger charge is 2.43. The monoisotopic (exact) mass is 315 g/mol. The summed E-state index contributed by atoms with van der Waals surface area (Å²) in [4.78, 5) is 15.3. The van der Waals surface area contributed by atoms with Crippen molar-refractivity contribution in [2.24, 2.45) is 0 Å². The van der Waals surface area contributed by atoms with Gasteiger partial charge in [-0.15, -0.1) is 11.3 Å². The molecule has 2 aliphatic heterocycles. The molecule has 1 aromatic heterocycles. The van der Waals surface area contributed by atoms with Crippen molar-refractivity contribution in [2.45, 2.75) is 43.9 Å². The molecule has 2 bridgehead atoms. The summed E-state index contributed by atoms with van der Waals surface area (Å²) in [6.45, 7) is 0. The molecule has 3 heterocycles. The molecule has 17 heavy (non-hydrogen) atoms. The van der Waals surface area contributed by atoms with E-state index < -0.39 is 0 Å². The third-order valence-electron chi connectivity index (χ3n) is 3.75. The molecule has 2 fully saturated rings. The Hall–Kier alpha value is -0.390. The maximum Gasteiger partial charge on any atom is 0.265 e. The zero-order valence-corrected chi connectivity index (χ0v) is 11.7. The number of thiophene rings is 1. The van der Waals surface area contributed by atoms with E-state index >= 15 is 0 Å². The van der Waals surface area contributed by atoms with Gasteiger partial charge in [-0.05, 0) is 53.1 Å². The topological polar surface area (TPSA) is 40.5 Å². The molecule has 2 atom stereocenters. The Morgan fingerprint density at radius 1 is 1.41 bits per heavy atom. The largest absolute Gasteiger partial charge is 0.393 e. The van der Waals surface area contributed by atoms with Gasteiger partial charge in [-0.25, -0.2) is 0 Å². The Labute approximate surface area is 113 Å². The Morgan fingerprint density at radius 2 is 2.06 bits per heavy atom. The third-order valence-corrected chi connectivity index (χ3v) is 5.58. The summed E-state index contributed by atoms with van der Waals surface area (Å²) in [7, 11) is 0. The number of rotatable bonds is 1. The smallest absolute Gasteiger partial charge is 0.265 e. The van der Waals surface area contributed by atoms with Gasteiger partial charge in [0.15, 0.2) is 0 Å². The lowest BCUT2D eigenvalue weighted by molar-refractivity contribution is 0.0290. The highest BCUT2D eigenvalue weighted by Crippen LogP contribution is 2.38. The van der Waals surface area contributed by atoms with E-state index in [1.165, 1.54) is 11.3 Å². The van der Waals surface area contributed by atoms with Crippen molar-refractivity contribution in [1.82, 2.24) is 4.90 Å².